The second-order valence-electron chi connectivity index (χ2n) is 13.5. The molecule has 1 aromatic rings. The first-order chi connectivity index (χ1) is 25.4. The Morgan fingerprint density at radius 3 is 2.19 bits per heavy atom. The van der Waals surface area contributed by atoms with Crippen LogP contribution >= 0.6 is 0 Å². The number of aliphatic hydroxyl groups excluding tert-OH is 1. The van der Waals surface area contributed by atoms with Crippen LogP contribution in [0.15, 0.2) is 29.4 Å². The highest BCUT2D eigenvalue weighted by Crippen LogP contribution is 2.21. The van der Waals surface area contributed by atoms with Gasteiger partial charge in [-0.15, -0.1) is 0 Å². The summed E-state index contributed by atoms with van der Waals surface area (Å²) in [7, 11) is 0. The first kappa shape index (κ1) is 44.6. The third-order valence-electron chi connectivity index (χ3n) is 8.35. The average Bonchev–Trinajstić information content (AvgIpc) is 3.60. The van der Waals surface area contributed by atoms with Gasteiger partial charge in [0.05, 0.1) is 25.2 Å². The van der Waals surface area contributed by atoms with E-state index in [9.17, 15) is 48.6 Å². The summed E-state index contributed by atoms with van der Waals surface area (Å²) in [5.74, 6) is -6.27. The molecule has 0 bridgehead atoms. The van der Waals surface area contributed by atoms with E-state index in [4.69, 9.17) is 11.3 Å². The fraction of sp³-hybridized carbons (Fsp3) is 0.588. The number of ketones is 1. The van der Waals surface area contributed by atoms with Crippen LogP contribution in [0.5, 0.6) is 0 Å². The van der Waals surface area contributed by atoms with Crippen LogP contribution in [0.2, 0.25) is 0 Å². The number of rotatable bonds is 21. The zero-order valence-corrected chi connectivity index (χ0v) is 30.7. The maximum absolute atomic E-state index is 13.9. The fourth-order valence-electron chi connectivity index (χ4n) is 5.60. The molecule has 1 aliphatic rings. The molecule has 2 rings (SSSR count). The third kappa shape index (κ3) is 14.8. The summed E-state index contributed by atoms with van der Waals surface area (Å²) in [6.45, 7) is 5.45. The van der Waals surface area contributed by atoms with Gasteiger partial charge >= 0.3 is 5.97 Å². The van der Waals surface area contributed by atoms with E-state index in [-0.39, 0.29) is 44.1 Å². The Bertz CT molecular complexity index is 1580. The molecule has 1 aliphatic heterocycles. The summed E-state index contributed by atoms with van der Waals surface area (Å²) in [4.78, 5) is 105. The zero-order valence-electron chi connectivity index (χ0n) is 30.7. The van der Waals surface area contributed by atoms with Crippen molar-refractivity contribution in [3.05, 3.63) is 40.3 Å². The Morgan fingerprint density at radius 1 is 0.944 bits per heavy atom. The van der Waals surface area contributed by atoms with Gasteiger partial charge in [0.15, 0.2) is 0 Å². The topological polar surface area (TPSA) is 315 Å². The van der Waals surface area contributed by atoms with E-state index < -0.39 is 97.1 Å². The van der Waals surface area contributed by atoms with Crippen molar-refractivity contribution in [3.63, 3.8) is 0 Å². The molecule has 0 aliphatic carbocycles. The molecule has 296 valence electrons. The number of carboxylic acids is 1. The molecule has 20 heteroatoms. The van der Waals surface area contributed by atoms with Gasteiger partial charge in [-0.05, 0) is 63.0 Å². The van der Waals surface area contributed by atoms with Gasteiger partial charge < -0.3 is 47.4 Å². The van der Waals surface area contributed by atoms with E-state index in [2.05, 4.69) is 36.6 Å². The minimum Gasteiger partial charge on any atom is -0.481 e. The smallest absolute Gasteiger partial charge is 0.303 e. The lowest BCUT2D eigenvalue weighted by atomic mass is 10.0. The van der Waals surface area contributed by atoms with Gasteiger partial charge in [-0.1, -0.05) is 43.2 Å². The number of amides is 6. The number of azide groups is 1. The lowest BCUT2D eigenvalue weighted by Gasteiger charge is -2.31. The molecule has 0 radical (unpaired) electrons. The lowest BCUT2D eigenvalue weighted by Crippen LogP contribution is -2.60. The highest BCUT2D eigenvalue weighted by molar-refractivity contribution is 5.97. The van der Waals surface area contributed by atoms with Gasteiger partial charge in [0.25, 0.3) is 0 Å². The summed E-state index contributed by atoms with van der Waals surface area (Å²) in [6, 6.07) is 0.160. The van der Waals surface area contributed by atoms with E-state index >= 15 is 0 Å². The Kier molecular flexibility index (Phi) is 18.0. The van der Waals surface area contributed by atoms with Gasteiger partial charge in [0.2, 0.25) is 35.4 Å². The van der Waals surface area contributed by atoms with Crippen molar-refractivity contribution in [2.75, 3.05) is 19.6 Å². The monoisotopic (exact) mass is 758 g/mol. The van der Waals surface area contributed by atoms with Crippen LogP contribution < -0.4 is 32.3 Å². The summed E-state index contributed by atoms with van der Waals surface area (Å²) in [5.41, 5.74) is 15.9. The molecule has 1 aromatic carbocycles. The molecule has 0 spiro atoms. The van der Waals surface area contributed by atoms with Crippen molar-refractivity contribution in [1.29, 1.82) is 0 Å². The zero-order chi connectivity index (χ0) is 40.5. The van der Waals surface area contributed by atoms with Gasteiger partial charge in [-0.2, -0.15) is 0 Å². The van der Waals surface area contributed by atoms with Crippen LogP contribution in [-0.2, 0) is 44.8 Å². The highest BCUT2D eigenvalue weighted by Gasteiger charge is 2.40. The largest absolute Gasteiger partial charge is 0.481 e. The molecule has 9 N–H and O–H groups in total. The van der Waals surface area contributed by atoms with Crippen molar-refractivity contribution >= 4 is 52.9 Å². The van der Waals surface area contributed by atoms with Gasteiger partial charge in [-0.25, -0.2) is 0 Å². The second-order valence-corrected chi connectivity index (χ2v) is 13.5. The number of carbonyl (C=O) groups excluding carboxylic acids is 7. The van der Waals surface area contributed by atoms with Crippen molar-refractivity contribution < 1.29 is 48.6 Å². The predicted octanol–water partition coefficient (Wildman–Crippen LogP) is -0.943. The highest BCUT2D eigenvalue weighted by atomic mass is 16.4. The van der Waals surface area contributed by atoms with Crippen LogP contribution in [0.25, 0.3) is 10.4 Å². The van der Waals surface area contributed by atoms with Crippen LogP contribution in [0.3, 0.4) is 0 Å². The molecular weight excluding hydrogens is 708 g/mol. The number of likely N-dealkylation sites (tertiary alicyclic amines) is 1. The standard InChI is InChI=1S/C34H50N10O10/c1-18(2)14-25(40-30(50)23(35)15-21-7-9-22(10-8-21)42-43-36)34(54)44-13-5-6-26(44)32(52)39-24(11-12-28(48)49)31(51)41-29(20(4)46)33(53)38-17-27(47)37-16-19(3)45/h7-10,18,20,23-26,29,46H,5-6,11-17,35H2,1-4H3,(H,37,47)(H,38,53)(H,39,52)(H,40,50)(H,41,51)(H,48,49). The Labute approximate surface area is 312 Å². The number of nitrogens with one attached hydrogen (secondary N) is 5. The Balaban J connectivity index is 2.17. The van der Waals surface area contributed by atoms with Crippen molar-refractivity contribution in [1.82, 2.24) is 31.5 Å². The summed E-state index contributed by atoms with van der Waals surface area (Å²) >= 11 is 0. The van der Waals surface area contributed by atoms with E-state index in [0.29, 0.717) is 17.7 Å². The molecule has 6 unspecified atom stereocenters. The quantitative estimate of drug-likeness (QED) is 0.0430. The van der Waals surface area contributed by atoms with Crippen LogP contribution in [0.4, 0.5) is 5.69 Å². The number of aliphatic carboxylic acids is 1. The molecule has 1 heterocycles. The van der Waals surface area contributed by atoms with E-state index in [1.165, 1.54) is 18.7 Å². The fourth-order valence-corrected chi connectivity index (χ4v) is 5.60. The van der Waals surface area contributed by atoms with Crippen molar-refractivity contribution in [2.24, 2.45) is 16.8 Å². The molecule has 0 aromatic heterocycles. The number of nitrogens with two attached hydrogens (primary N) is 1. The Hall–Kier alpha value is -5.59. The molecule has 0 saturated carbocycles. The number of hydrogen-bond donors (Lipinski definition) is 8. The molecule has 1 saturated heterocycles. The second kappa shape index (κ2) is 21.8. The predicted molar refractivity (Wildman–Crippen MR) is 192 cm³/mol. The minimum absolute atomic E-state index is 0.0586. The third-order valence-corrected chi connectivity index (χ3v) is 8.35. The van der Waals surface area contributed by atoms with Crippen LogP contribution in [0.1, 0.15) is 65.4 Å². The first-order valence-corrected chi connectivity index (χ1v) is 17.5. The van der Waals surface area contributed by atoms with Crippen LogP contribution in [0, 0.1) is 5.92 Å². The summed E-state index contributed by atoms with van der Waals surface area (Å²) in [5, 5.41) is 35.0. The van der Waals surface area contributed by atoms with Gasteiger partial charge in [0, 0.05) is 23.6 Å². The molecule has 54 heavy (non-hydrogen) atoms. The molecular formula is C34H50N10O10. The average molecular weight is 759 g/mol. The van der Waals surface area contributed by atoms with Crippen LogP contribution in [-0.4, -0.2) is 118 Å². The molecule has 1 fully saturated rings. The van der Waals surface area contributed by atoms with E-state index in [1.54, 1.807) is 24.3 Å². The summed E-state index contributed by atoms with van der Waals surface area (Å²) in [6.07, 6.45) is -1.52. The maximum atomic E-state index is 13.9. The van der Waals surface area contributed by atoms with Gasteiger partial charge in [-0.3, -0.25) is 38.4 Å². The number of benzene rings is 1. The summed E-state index contributed by atoms with van der Waals surface area (Å²) < 4.78 is 0. The van der Waals surface area contributed by atoms with Crippen molar-refractivity contribution in [3.8, 4) is 0 Å². The molecule has 6 amide bonds. The number of nitrogens with zero attached hydrogens (tertiary/aromatic N) is 4. The molecule has 20 nitrogen and oxygen atoms in total. The number of carbonyl (C=O) groups is 8. The first-order valence-electron chi connectivity index (χ1n) is 17.5. The molecule has 6 atom stereocenters. The number of hydrogen-bond acceptors (Lipinski definition) is 11. The maximum Gasteiger partial charge on any atom is 0.303 e. The lowest BCUT2D eigenvalue weighted by molar-refractivity contribution is -0.143. The van der Waals surface area contributed by atoms with Gasteiger partial charge in [0.1, 0.15) is 30.0 Å². The van der Waals surface area contributed by atoms with Crippen molar-refractivity contribution in [2.45, 2.75) is 103 Å². The Morgan fingerprint density at radius 2 is 1.61 bits per heavy atom. The normalized spacial score (nSPS) is 16.4. The number of carboxylic acid groups (broad SMARTS) is 1. The SMILES string of the molecule is CC(=O)CNC(=O)CNC(=O)C(NC(=O)C(CCC(=O)O)NC(=O)C1CCCN1C(=O)C(CC(C)C)NC(=O)C(N)Cc1ccc(N=[N+]=[N-])cc1)C(C)O. The number of aliphatic hydroxyl groups is 1. The number of Topliss-reactive ketones (excluding diaryl/α,β-unsaturated/α-hetero) is 1. The minimum atomic E-state index is -1.62. The van der Waals surface area contributed by atoms with E-state index in [1.807, 2.05) is 13.8 Å². The van der Waals surface area contributed by atoms with E-state index in [0.717, 1.165) is 0 Å².